The number of hydrogen-bond donors (Lipinski definition) is 1. The number of rotatable bonds is 11. The van der Waals surface area contributed by atoms with Crippen LogP contribution in [0.4, 0.5) is 18.9 Å². The highest BCUT2D eigenvalue weighted by Crippen LogP contribution is 2.38. The Hall–Kier alpha value is -3.77. The Balaban J connectivity index is 2.10. The maximum Gasteiger partial charge on any atom is 0.417 e. The van der Waals surface area contributed by atoms with Crippen LogP contribution in [0.25, 0.3) is 0 Å². The van der Waals surface area contributed by atoms with Crippen LogP contribution < -0.4 is 14.4 Å². The lowest BCUT2D eigenvalue weighted by Gasteiger charge is -2.32. The van der Waals surface area contributed by atoms with Crippen LogP contribution in [0.15, 0.2) is 77.7 Å². The van der Waals surface area contributed by atoms with Crippen LogP contribution in [0.5, 0.6) is 5.75 Å². The molecule has 0 aromatic heterocycles. The normalized spacial score (nSPS) is 12.5. The molecule has 0 aliphatic rings. The van der Waals surface area contributed by atoms with Gasteiger partial charge in [-0.1, -0.05) is 41.9 Å². The summed E-state index contributed by atoms with van der Waals surface area (Å²) < 4.78 is 74.4. The molecule has 0 saturated heterocycles. The van der Waals surface area contributed by atoms with E-state index < -0.39 is 56.9 Å². The Labute approximate surface area is 248 Å². The zero-order valence-corrected chi connectivity index (χ0v) is 24.9. The van der Waals surface area contributed by atoms with E-state index in [1.54, 1.807) is 44.2 Å². The molecule has 3 rings (SSSR count). The maximum atomic E-state index is 13.9. The van der Waals surface area contributed by atoms with Gasteiger partial charge in [-0.2, -0.15) is 13.2 Å². The van der Waals surface area contributed by atoms with Gasteiger partial charge in [0.2, 0.25) is 11.8 Å². The molecule has 0 saturated carbocycles. The van der Waals surface area contributed by atoms with Crippen LogP contribution in [0.3, 0.4) is 0 Å². The summed E-state index contributed by atoms with van der Waals surface area (Å²) in [5, 5.41) is 2.10. The Morgan fingerprint density at radius 1 is 0.976 bits per heavy atom. The average Bonchev–Trinajstić information content (AvgIpc) is 2.94. The van der Waals surface area contributed by atoms with E-state index in [0.29, 0.717) is 21.7 Å². The van der Waals surface area contributed by atoms with Gasteiger partial charge in [0.15, 0.2) is 0 Å². The average molecular weight is 626 g/mol. The van der Waals surface area contributed by atoms with E-state index in [1.165, 1.54) is 43.2 Å². The summed E-state index contributed by atoms with van der Waals surface area (Å²) in [6.45, 7) is 3.98. The number of amides is 2. The predicted octanol–water partition coefficient (Wildman–Crippen LogP) is 5.50. The third kappa shape index (κ3) is 7.95. The highest BCUT2D eigenvalue weighted by Gasteiger charge is 2.37. The molecule has 226 valence electrons. The number of benzene rings is 3. The second kappa shape index (κ2) is 13.5. The number of halogens is 4. The molecule has 0 heterocycles. The van der Waals surface area contributed by atoms with Crippen molar-refractivity contribution in [3.63, 3.8) is 0 Å². The van der Waals surface area contributed by atoms with Gasteiger partial charge in [-0.3, -0.25) is 13.9 Å². The number of methoxy groups -OCH3 is 1. The van der Waals surface area contributed by atoms with Crippen molar-refractivity contribution in [1.29, 1.82) is 0 Å². The van der Waals surface area contributed by atoms with Gasteiger partial charge in [0.1, 0.15) is 18.3 Å². The van der Waals surface area contributed by atoms with E-state index in [4.69, 9.17) is 16.3 Å². The van der Waals surface area contributed by atoms with E-state index in [-0.39, 0.29) is 17.5 Å². The number of hydrogen-bond acceptors (Lipinski definition) is 5. The topological polar surface area (TPSA) is 96.0 Å². The summed E-state index contributed by atoms with van der Waals surface area (Å²) in [5.74, 6) is -0.749. The van der Waals surface area contributed by atoms with Gasteiger partial charge in [0, 0.05) is 12.6 Å². The van der Waals surface area contributed by atoms with Crippen molar-refractivity contribution in [2.45, 2.75) is 50.5 Å². The molecule has 0 aliphatic carbocycles. The molecule has 2 amide bonds. The van der Waals surface area contributed by atoms with E-state index >= 15 is 0 Å². The third-order valence-corrected chi connectivity index (χ3v) is 8.38. The molecule has 0 fully saturated rings. The summed E-state index contributed by atoms with van der Waals surface area (Å²) in [7, 11) is -3.05. The zero-order valence-electron chi connectivity index (χ0n) is 23.4. The molecule has 3 aromatic rings. The first-order chi connectivity index (χ1) is 19.6. The molecule has 0 radical (unpaired) electrons. The van der Waals surface area contributed by atoms with Gasteiger partial charge in [-0.25, -0.2) is 8.42 Å². The Kier molecular flexibility index (Phi) is 10.5. The fourth-order valence-corrected chi connectivity index (χ4v) is 5.70. The van der Waals surface area contributed by atoms with Crippen molar-refractivity contribution < 1.29 is 35.9 Å². The molecule has 13 heteroatoms. The molecule has 0 bridgehead atoms. The minimum absolute atomic E-state index is 0.0941. The van der Waals surface area contributed by atoms with Gasteiger partial charge in [-0.05, 0) is 68.8 Å². The Bertz CT molecular complexity index is 1500. The van der Waals surface area contributed by atoms with Crippen LogP contribution in [0.1, 0.15) is 31.9 Å². The van der Waals surface area contributed by atoms with Crippen LogP contribution in [0.2, 0.25) is 5.02 Å². The number of carbonyl (C=O) groups is 2. The molecule has 1 N–H and O–H groups in total. The number of anilines is 1. The summed E-state index contributed by atoms with van der Waals surface area (Å²) >= 11 is 5.79. The number of carbonyl (C=O) groups excluding carboxylic acids is 2. The zero-order chi connectivity index (χ0) is 31.2. The second-order valence-corrected chi connectivity index (χ2v) is 12.0. The molecule has 1 unspecified atom stereocenters. The first-order valence-corrected chi connectivity index (χ1v) is 14.6. The lowest BCUT2D eigenvalue weighted by molar-refractivity contribution is -0.139. The number of nitrogens with one attached hydrogen (secondary N) is 1. The Morgan fingerprint density at radius 2 is 1.60 bits per heavy atom. The summed E-state index contributed by atoms with van der Waals surface area (Å²) in [6, 6.07) is 15.0. The molecular formula is C29H31ClF3N3O5S. The first kappa shape index (κ1) is 32.7. The van der Waals surface area contributed by atoms with Gasteiger partial charge in [0.25, 0.3) is 10.0 Å². The predicted molar refractivity (Wildman–Crippen MR) is 154 cm³/mol. The van der Waals surface area contributed by atoms with Crippen LogP contribution in [0, 0.1) is 0 Å². The summed E-state index contributed by atoms with van der Waals surface area (Å²) in [4.78, 5) is 27.8. The largest absolute Gasteiger partial charge is 0.497 e. The SMILES string of the molecule is COc1ccc(CN(C(=O)CN(c2ccc(Cl)c(C(F)(F)F)c2)S(=O)(=O)c2ccccc2)C(C)C(=O)NC(C)C)cc1. The monoisotopic (exact) mass is 625 g/mol. The molecule has 1 atom stereocenters. The Morgan fingerprint density at radius 3 is 2.14 bits per heavy atom. The van der Waals surface area contributed by atoms with E-state index in [0.717, 1.165) is 12.1 Å². The van der Waals surface area contributed by atoms with Crippen molar-refractivity contribution in [1.82, 2.24) is 10.2 Å². The van der Waals surface area contributed by atoms with Crippen molar-refractivity contribution in [3.05, 3.63) is 88.9 Å². The lowest BCUT2D eigenvalue weighted by Crippen LogP contribution is -2.52. The van der Waals surface area contributed by atoms with E-state index in [2.05, 4.69) is 5.32 Å². The lowest BCUT2D eigenvalue weighted by atomic mass is 10.1. The minimum Gasteiger partial charge on any atom is -0.497 e. The van der Waals surface area contributed by atoms with E-state index in [1.807, 2.05) is 0 Å². The smallest absolute Gasteiger partial charge is 0.417 e. The molecule has 42 heavy (non-hydrogen) atoms. The number of nitrogens with zero attached hydrogens (tertiary/aromatic N) is 2. The molecule has 0 aliphatic heterocycles. The van der Waals surface area contributed by atoms with Crippen molar-refractivity contribution in [2.24, 2.45) is 0 Å². The molecule has 3 aromatic carbocycles. The molecular weight excluding hydrogens is 595 g/mol. The van der Waals surface area contributed by atoms with Crippen molar-refractivity contribution in [3.8, 4) is 5.75 Å². The quantitative estimate of drug-likeness (QED) is 0.303. The highest BCUT2D eigenvalue weighted by molar-refractivity contribution is 7.92. The fraction of sp³-hybridized carbons (Fsp3) is 0.310. The van der Waals surface area contributed by atoms with E-state index in [9.17, 15) is 31.2 Å². The van der Waals surface area contributed by atoms with Gasteiger partial charge in [-0.15, -0.1) is 0 Å². The van der Waals surface area contributed by atoms with Gasteiger partial charge >= 0.3 is 6.18 Å². The standard InChI is InChI=1S/C29H31ClF3N3O5S/c1-19(2)34-28(38)20(3)35(17-21-10-13-23(41-4)14-11-21)27(37)18-36(42(39,40)24-8-6-5-7-9-24)22-12-15-26(30)25(16-22)29(31,32)33/h5-16,19-20H,17-18H2,1-4H3,(H,34,38). The summed E-state index contributed by atoms with van der Waals surface area (Å²) in [6.07, 6.45) is -4.89. The number of ether oxygens (including phenoxy) is 1. The molecule has 8 nitrogen and oxygen atoms in total. The molecule has 0 spiro atoms. The first-order valence-electron chi connectivity index (χ1n) is 12.8. The second-order valence-electron chi connectivity index (χ2n) is 9.70. The number of alkyl halides is 3. The van der Waals surface area contributed by atoms with Crippen LogP contribution in [-0.4, -0.2) is 50.9 Å². The third-order valence-electron chi connectivity index (χ3n) is 6.26. The van der Waals surface area contributed by atoms with Crippen LogP contribution in [-0.2, 0) is 32.3 Å². The highest BCUT2D eigenvalue weighted by atomic mass is 35.5. The maximum absolute atomic E-state index is 13.9. The van der Waals surface area contributed by atoms with Crippen molar-refractivity contribution in [2.75, 3.05) is 18.0 Å². The summed E-state index contributed by atoms with van der Waals surface area (Å²) in [5.41, 5.74) is -1.08. The minimum atomic E-state index is -4.89. The van der Waals surface area contributed by atoms with Crippen LogP contribution >= 0.6 is 11.6 Å². The van der Waals surface area contributed by atoms with Gasteiger partial charge in [0.05, 0.1) is 28.3 Å². The van der Waals surface area contributed by atoms with Crippen molar-refractivity contribution >= 4 is 39.1 Å². The van der Waals surface area contributed by atoms with Gasteiger partial charge < -0.3 is 15.0 Å². The number of sulfonamides is 1. The fourth-order valence-electron chi connectivity index (χ4n) is 4.05.